The van der Waals surface area contributed by atoms with Crippen molar-refractivity contribution in [3.63, 3.8) is 0 Å². The molecule has 0 N–H and O–H groups in total. The normalized spacial score (nSPS) is 60.4. The first-order valence-electron chi connectivity index (χ1n) is 10.8. The van der Waals surface area contributed by atoms with Gasteiger partial charge < -0.3 is 0 Å². The average Bonchev–Trinajstić information content (AvgIpc) is 2.43. The molecule has 8 aliphatic rings. The molecule has 1 heteroatoms. The zero-order chi connectivity index (χ0) is 15.2. The standard InChI is InChI=1S/C22H34P/c1-2-23(21-9-15-3-16(10-21)5-17(4-15)11-21)22-12-18-6-19(13-22)8-20(7-18)14-22/h2,15-20H,3-14H2,1H3. The van der Waals surface area contributed by atoms with Crippen LogP contribution < -0.4 is 0 Å². The zero-order valence-electron chi connectivity index (χ0n) is 15.0. The summed E-state index contributed by atoms with van der Waals surface area (Å²) in [5.41, 5.74) is 0. The lowest BCUT2D eigenvalue weighted by molar-refractivity contribution is 0.0191. The molecule has 0 spiro atoms. The van der Waals surface area contributed by atoms with Crippen LogP contribution in [0.25, 0.3) is 0 Å². The fourth-order valence-electron chi connectivity index (χ4n) is 9.77. The van der Waals surface area contributed by atoms with E-state index in [4.69, 9.17) is 0 Å². The van der Waals surface area contributed by atoms with Gasteiger partial charge in [-0.3, -0.25) is 0 Å². The van der Waals surface area contributed by atoms with Crippen molar-refractivity contribution in [1.29, 1.82) is 0 Å². The molecule has 0 aromatic carbocycles. The summed E-state index contributed by atoms with van der Waals surface area (Å²) in [6.07, 6.45) is 22.4. The van der Waals surface area contributed by atoms with E-state index >= 15 is 0 Å². The van der Waals surface area contributed by atoms with Crippen LogP contribution in [-0.2, 0) is 0 Å². The van der Waals surface area contributed by atoms with Gasteiger partial charge in [0.2, 0.25) is 0 Å². The Morgan fingerprint density at radius 1 is 0.565 bits per heavy atom. The summed E-state index contributed by atoms with van der Waals surface area (Å²) in [5, 5.41) is 1.65. The Bertz CT molecular complexity index is 392. The maximum Gasteiger partial charge on any atom is -0.00789 e. The molecule has 8 aliphatic carbocycles. The van der Waals surface area contributed by atoms with Crippen LogP contribution in [0.1, 0.15) is 84.0 Å². The minimum atomic E-state index is 0.168. The third kappa shape index (κ3) is 2.00. The van der Waals surface area contributed by atoms with E-state index in [0.29, 0.717) is 0 Å². The van der Waals surface area contributed by atoms with Gasteiger partial charge in [0.1, 0.15) is 0 Å². The Morgan fingerprint density at radius 2 is 0.826 bits per heavy atom. The highest BCUT2D eigenvalue weighted by molar-refractivity contribution is 7.63. The number of hydrogen-bond acceptors (Lipinski definition) is 0. The Balaban J connectivity index is 1.38. The highest BCUT2D eigenvalue weighted by Crippen LogP contribution is 2.79. The molecule has 8 bridgehead atoms. The maximum atomic E-state index is 2.83. The Kier molecular flexibility index (Phi) is 3.03. The first-order chi connectivity index (χ1) is 11.2. The summed E-state index contributed by atoms with van der Waals surface area (Å²) < 4.78 is 0. The van der Waals surface area contributed by atoms with Crippen molar-refractivity contribution >= 4 is 7.92 Å². The van der Waals surface area contributed by atoms with Crippen molar-refractivity contribution in [2.75, 3.05) is 0 Å². The lowest BCUT2D eigenvalue weighted by Crippen LogP contribution is -2.56. The maximum absolute atomic E-state index is 2.83. The number of rotatable bonds is 3. The van der Waals surface area contributed by atoms with Crippen LogP contribution in [0.15, 0.2) is 0 Å². The van der Waals surface area contributed by atoms with Gasteiger partial charge >= 0.3 is 0 Å². The molecule has 1 radical (unpaired) electrons. The Hall–Kier alpha value is 0.430. The highest BCUT2D eigenvalue weighted by Gasteiger charge is 2.61. The van der Waals surface area contributed by atoms with Gasteiger partial charge in [-0.15, -0.1) is 0 Å². The second-order valence-corrected chi connectivity index (χ2v) is 14.1. The largest absolute Gasteiger partial charge is 0.0904 e. The lowest BCUT2D eigenvalue weighted by atomic mass is 9.55. The molecule has 0 saturated heterocycles. The van der Waals surface area contributed by atoms with Crippen molar-refractivity contribution in [1.82, 2.24) is 0 Å². The molecule has 0 unspecified atom stereocenters. The van der Waals surface area contributed by atoms with E-state index in [1.807, 2.05) is 0 Å². The third-order valence-corrected chi connectivity index (χ3v) is 12.9. The molecule has 0 aromatic rings. The molecule has 127 valence electrons. The summed E-state index contributed by atoms with van der Waals surface area (Å²) in [7, 11) is 0.168. The van der Waals surface area contributed by atoms with Crippen LogP contribution in [0.3, 0.4) is 0 Å². The zero-order valence-corrected chi connectivity index (χ0v) is 15.9. The van der Waals surface area contributed by atoms with Gasteiger partial charge in [0.25, 0.3) is 0 Å². The smallest absolute Gasteiger partial charge is 0.00789 e. The molecule has 8 saturated carbocycles. The van der Waals surface area contributed by atoms with Crippen LogP contribution in [0.4, 0.5) is 0 Å². The summed E-state index contributed by atoms with van der Waals surface area (Å²) >= 11 is 0. The van der Waals surface area contributed by atoms with E-state index in [2.05, 4.69) is 13.1 Å². The Labute approximate surface area is 144 Å². The molecule has 0 aliphatic heterocycles. The molecule has 0 atom stereocenters. The first-order valence-corrected chi connectivity index (χ1v) is 12.2. The van der Waals surface area contributed by atoms with E-state index in [-0.39, 0.29) is 7.92 Å². The molecule has 8 fully saturated rings. The minimum Gasteiger partial charge on any atom is -0.0904 e. The molecule has 8 rings (SSSR count). The quantitative estimate of drug-likeness (QED) is 0.512. The van der Waals surface area contributed by atoms with Crippen molar-refractivity contribution < 1.29 is 0 Å². The predicted octanol–water partition coefficient (Wildman–Crippen LogP) is 6.59. The van der Waals surface area contributed by atoms with Crippen LogP contribution in [0, 0.1) is 41.7 Å². The molecular formula is C22H34P. The van der Waals surface area contributed by atoms with Gasteiger partial charge in [-0.25, -0.2) is 0 Å². The molecule has 0 heterocycles. The monoisotopic (exact) mass is 329 g/mol. The van der Waals surface area contributed by atoms with Gasteiger partial charge in [0.15, 0.2) is 0 Å². The van der Waals surface area contributed by atoms with Crippen molar-refractivity contribution in [3.8, 4) is 0 Å². The van der Waals surface area contributed by atoms with E-state index in [9.17, 15) is 0 Å². The summed E-state index contributed by atoms with van der Waals surface area (Å²) in [6, 6.07) is 0. The Morgan fingerprint density at radius 3 is 1.04 bits per heavy atom. The molecular weight excluding hydrogens is 295 g/mol. The highest BCUT2D eigenvalue weighted by atomic mass is 31.1. The van der Waals surface area contributed by atoms with Crippen LogP contribution >= 0.6 is 7.92 Å². The average molecular weight is 329 g/mol. The summed E-state index contributed by atoms with van der Waals surface area (Å²) in [6.45, 7) is 2.49. The van der Waals surface area contributed by atoms with Gasteiger partial charge in [-0.05, 0) is 129 Å². The summed E-state index contributed by atoms with van der Waals surface area (Å²) in [5.74, 6) is 6.83. The number of hydrogen-bond donors (Lipinski definition) is 0. The molecule has 0 nitrogen and oxygen atoms in total. The van der Waals surface area contributed by atoms with E-state index in [1.165, 1.54) is 0 Å². The van der Waals surface area contributed by atoms with E-state index < -0.39 is 0 Å². The predicted molar refractivity (Wildman–Crippen MR) is 98.7 cm³/mol. The second kappa shape index (κ2) is 4.78. The van der Waals surface area contributed by atoms with Crippen LogP contribution in [0.5, 0.6) is 0 Å². The van der Waals surface area contributed by atoms with Crippen molar-refractivity contribution in [2.45, 2.75) is 94.3 Å². The van der Waals surface area contributed by atoms with Crippen molar-refractivity contribution in [2.24, 2.45) is 35.5 Å². The third-order valence-electron chi connectivity index (χ3n) is 9.29. The van der Waals surface area contributed by atoms with Crippen LogP contribution in [0.2, 0.25) is 0 Å². The second-order valence-electron chi connectivity index (χ2n) is 10.9. The topological polar surface area (TPSA) is 0 Å². The van der Waals surface area contributed by atoms with Gasteiger partial charge in [0.05, 0.1) is 0 Å². The molecule has 0 amide bonds. The first kappa shape index (κ1) is 14.6. The summed E-state index contributed by atoms with van der Waals surface area (Å²) in [4.78, 5) is 0. The molecule has 0 aromatic heterocycles. The fraction of sp³-hybridized carbons (Fsp3) is 0.955. The fourth-order valence-corrected chi connectivity index (χ4v) is 14.6. The van der Waals surface area contributed by atoms with E-state index in [0.717, 1.165) is 45.8 Å². The van der Waals surface area contributed by atoms with Crippen LogP contribution in [-0.4, -0.2) is 10.3 Å². The van der Waals surface area contributed by atoms with E-state index in [1.54, 1.807) is 77.0 Å². The van der Waals surface area contributed by atoms with Crippen molar-refractivity contribution in [3.05, 3.63) is 6.16 Å². The van der Waals surface area contributed by atoms with Gasteiger partial charge in [-0.1, -0.05) is 14.8 Å². The SMILES string of the molecule is C[CH]P(C12CC3CC(CC(C3)C1)C2)C12CC3CC(CC(C3)C1)C2. The van der Waals surface area contributed by atoms with Gasteiger partial charge in [0, 0.05) is 0 Å². The minimum absolute atomic E-state index is 0.168. The van der Waals surface area contributed by atoms with Gasteiger partial charge in [-0.2, -0.15) is 0 Å². The molecule has 23 heavy (non-hydrogen) atoms. The lowest BCUT2D eigenvalue weighted by Gasteiger charge is -2.67.